The Morgan fingerprint density at radius 2 is 2.16 bits per heavy atom. The highest BCUT2D eigenvalue weighted by Crippen LogP contribution is 2.21. The zero-order chi connectivity index (χ0) is 14.6. The fraction of sp³-hybridized carbons (Fsp3) is 0.692. The highest BCUT2D eigenvalue weighted by molar-refractivity contribution is 7.80. The number of halogens is 1. The molecule has 1 heterocycles. The number of hydrogen-bond acceptors (Lipinski definition) is 3. The lowest BCUT2D eigenvalue weighted by Gasteiger charge is -2.24. The van der Waals surface area contributed by atoms with Crippen molar-refractivity contribution >= 4 is 28.8 Å². The van der Waals surface area contributed by atoms with Gasteiger partial charge in [0.25, 0.3) is 0 Å². The van der Waals surface area contributed by atoms with Gasteiger partial charge in [-0.25, -0.2) is 0 Å². The van der Waals surface area contributed by atoms with Crippen molar-refractivity contribution in [3.05, 3.63) is 16.4 Å². The maximum absolute atomic E-state index is 6.28. The molecule has 0 radical (unpaired) electrons. The smallest absolute Gasteiger partial charge is 0.131 e. The van der Waals surface area contributed by atoms with E-state index in [1.807, 2.05) is 14.0 Å². The summed E-state index contributed by atoms with van der Waals surface area (Å²) in [5.74, 6) is 0.585. The van der Waals surface area contributed by atoms with Gasteiger partial charge in [0, 0.05) is 38.7 Å². The summed E-state index contributed by atoms with van der Waals surface area (Å²) in [6.45, 7) is 9.03. The Morgan fingerprint density at radius 3 is 2.58 bits per heavy atom. The van der Waals surface area contributed by atoms with Crippen LogP contribution in [0.2, 0.25) is 5.15 Å². The molecule has 0 aliphatic rings. The van der Waals surface area contributed by atoms with E-state index in [2.05, 4.69) is 23.8 Å². The van der Waals surface area contributed by atoms with Crippen LogP contribution in [0.4, 0.5) is 0 Å². The Bertz CT molecular complexity index is 442. The molecule has 0 saturated heterocycles. The number of aryl methyl sites for hydroxylation is 2. The van der Waals surface area contributed by atoms with Crippen LogP contribution >= 0.6 is 23.8 Å². The first-order chi connectivity index (χ1) is 8.81. The molecule has 1 aromatic heterocycles. The van der Waals surface area contributed by atoms with E-state index >= 15 is 0 Å². The van der Waals surface area contributed by atoms with Crippen molar-refractivity contribution in [3.8, 4) is 0 Å². The van der Waals surface area contributed by atoms with Gasteiger partial charge in [0.2, 0.25) is 0 Å². The Morgan fingerprint density at radius 1 is 1.53 bits per heavy atom. The van der Waals surface area contributed by atoms with E-state index in [-0.39, 0.29) is 0 Å². The molecular weight excluding hydrogens is 280 g/mol. The minimum atomic E-state index is 0.558. The van der Waals surface area contributed by atoms with Gasteiger partial charge in [-0.3, -0.25) is 9.58 Å². The Kier molecular flexibility index (Phi) is 6.23. The molecule has 0 spiro atoms. The van der Waals surface area contributed by atoms with Crippen LogP contribution in [0.25, 0.3) is 0 Å². The van der Waals surface area contributed by atoms with Gasteiger partial charge >= 0.3 is 0 Å². The van der Waals surface area contributed by atoms with Gasteiger partial charge in [-0.2, -0.15) is 5.10 Å². The largest absolute Gasteiger partial charge is 0.393 e. The van der Waals surface area contributed by atoms with Crippen molar-refractivity contribution in [3.63, 3.8) is 0 Å². The molecule has 108 valence electrons. The minimum Gasteiger partial charge on any atom is -0.393 e. The van der Waals surface area contributed by atoms with Crippen LogP contribution in [0.3, 0.4) is 0 Å². The Labute approximate surface area is 125 Å². The number of rotatable bonds is 7. The van der Waals surface area contributed by atoms with Gasteiger partial charge in [-0.15, -0.1) is 0 Å². The van der Waals surface area contributed by atoms with Crippen LogP contribution < -0.4 is 5.73 Å². The first-order valence-corrected chi connectivity index (χ1v) is 7.28. The van der Waals surface area contributed by atoms with E-state index in [9.17, 15) is 0 Å². The van der Waals surface area contributed by atoms with Crippen LogP contribution in [0, 0.1) is 12.8 Å². The van der Waals surface area contributed by atoms with E-state index in [1.54, 1.807) is 4.68 Å². The third kappa shape index (κ3) is 5.09. The first kappa shape index (κ1) is 16.4. The number of nitrogens with zero attached hydrogens (tertiary/aromatic N) is 3. The van der Waals surface area contributed by atoms with Crippen molar-refractivity contribution in [2.24, 2.45) is 18.7 Å². The van der Waals surface area contributed by atoms with Crippen molar-refractivity contribution in [2.45, 2.75) is 33.7 Å². The lowest BCUT2D eigenvalue weighted by molar-refractivity contribution is 0.242. The van der Waals surface area contributed by atoms with E-state index in [1.165, 1.54) is 0 Å². The van der Waals surface area contributed by atoms with Crippen LogP contribution in [-0.4, -0.2) is 32.8 Å². The van der Waals surface area contributed by atoms with E-state index < -0.39 is 0 Å². The maximum atomic E-state index is 6.28. The normalized spacial score (nSPS) is 11.5. The molecular formula is C13H23ClN4S. The second-order valence-corrected chi connectivity index (χ2v) is 6.21. The Balaban J connectivity index is 2.78. The molecule has 4 nitrogen and oxygen atoms in total. The predicted octanol–water partition coefficient (Wildman–Crippen LogP) is 2.52. The zero-order valence-corrected chi connectivity index (χ0v) is 13.7. The lowest BCUT2D eigenvalue weighted by atomic mass is 10.1. The second kappa shape index (κ2) is 7.22. The van der Waals surface area contributed by atoms with E-state index in [0.717, 1.165) is 37.3 Å². The van der Waals surface area contributed by atoms with Gasteiger partial charge in [0.05, 0.1) is 10.7 Å². The summed E-state index contributed by atoms with van der Waals surface area (Å²) in [5, 5.41) is 5.06. The standard InChI is InChI=1S/C13H23ClN4S/c1-9(2)7-18(6-5-12(15)19)8-11-10(3)16-17(4)13(11)14/h9H,5-8H2,1-4H3,(H2,15,19). The van der Waals surface area contributed by atoms with Crippen molar-refractivity contribution in [1.82, 2.24) is 14.7 Å². The van der Waals surface area contributed by atoms with Gasteiger partial charge in [0.15, 0.2) is 0 Å². The van der Waals surface area contributed by atoms with Gasteiger partial charge in [-0.05, 0) is 12.8 Å². The van der Waals surface area contributed by atoms with Gasteiger partial charge in [-0.1, -0.05) is 37.7 Å². The molecule has 0 aliphatic carbocycles. The van der Waals surface area contributed by atoms with Gasteiger partial charge in [0.1, 0.15) is 5.15 Å². The molecule has 0 unspecified atom stereocenters. The molecule has 19 heavy (non-hydrogen) atoms. The highest BCUT2D eigenvalue weighted by atomic mass is 35.5. The highest BCUT2D eigenvalue weighted by Gasteiger charge is 2.16. The zero-order valence-electron chi connectivity index (χ0n) is 12.1. The summed E-state index contributed by atoms with van der Waals surface area (Å²) in [6, 6.07) is 0. The van der Waals surface area contributed by atoms with Gasteiger partial charge < -0.3 is 5.73 Å². The van der Waals surface area contributed by atoms with Crippen molar-refractivity contribution < 1.29 is 0 Å². The lowest BCUT2D eigenvalue weighted by Crippen LogP contribution is -2.30. The predicted molar refractivity (Wildman–Crippen MR) is 84.5 cm³/mol. The second-order valence-electron chi connectivity index (χ2n) is 5.32. The van der Waals surface area contributed by atoms with Crippen LogP contribution in [0.1, 0.15) is 31.5 Å². The molecule has 0 aromatic carbocycles. The molecule has 1 rings (SSSR count). The number of hydrogen-bond donors (Lipinski definition) is 1. The molecule has 0 bridgehead atoms. The topological polar surface area (TPSA) is 47.1 Å². The summed E-state index contributed by atoms with van der Waals surface area (Å²) in [7, 11) is 1.86. The minimum absolute atomic E-state index is 0.558. The quantitative estimate of drug-likeness (QED) is 0.786. The SMILES string of the molecule is Cc1nn(C)c(Cl)c1CN(CCC(N)=S)CC(C)C. The molecule has 6 heteroatoms. The van der Waals surface area contributed by atoms with Crippen LogP contribution in [0.15, 0.2) is 0 Å². The van der Waals surface area contributed by atoms with E-state index in [4.69, 9.17) is 29.6 Å². The molecule has 0 aliphatic heterocycles. The van der Waals surface area contributed by atoms with Crippen LogP contribution in [0.5, 0.6) is 0 Å². The average molecular weight is 303 g/mol. The summed E-state index contributed by atoms with van der Waals surface area (Å²) in [5.41, 5.74) is 7.66. The summed E-state index contributed by atoms with van der Waals surface area (Å²) in [4.78, 5) is 2.89. The molecule has 2 N–H and O–H groups in total. The van der Waals surface area contributed by atoms with Crippen molar-refractivity contribution in [1.29, 1.82) is 0 Å². The molecule has 1 aromatic rings. The fourth-order valence-electron chi connectivity index (χ4n) is 2.10. The molecule has 0 amide bonds. The fourth-order valence-corrected chi connectivity index (χ4v) is 2.42. The number of aromatic nitrogens is 2. The molecule has 0 atom stereocenters. The average Bonchev–Trinajstić information content (AvgIpc) is 2.52. The summed E-state index contributed by atoms with van der Waals surface area (Å²) >= 11 is 11.2. The maximum Gasteiger partial charge on any atom is 0.131 e. The third-order valence-corrected chi connectivity index (χ3v) is 3.63. The molecule has 0 fully saturated rings. The molecule has 0 saturated carbocycles. The third-order valence-electron chi connectivity index (χ3n) is 2.95. The summed E-state index contributed by atoms with van der Waals surface area (Å²) < 4.78 is 1.72. The number of thiocarbonyl (C=S) groups is 1. The number of nitrogens with two attached hydrogens (primary N) is 1. The first-order valence-electron chi connectivity index (χ1n) is 6.49. The Hall–Kier alpha value is -0.650. The van der Waals surface area contributed by atoms with Crippen molar-refractivity contribution in [2.75, 3.05) is 13.1 Å². The van der Waals surface area contributed by atoms with E-state index in [0.29, 0.717) is 16.1 Å². The monoisotopic (exact) mass is 302 g/mol. The summed E-state index contributed by atoms with van der Waals surface area (Å²) in [6.07, 6.45) is 0.735. The van der Waals surface area contributed by atoms with Crippen LogP contribution in [-0.2, 0) is 13.6 Å².